The molecule has 1 amide bonds. The lowest BCUT2D eigenvalue weighted by molar-refractivity contribution is 0.0398. The number of amides is 1. The molecule has 1 saturated heterocycles. The van der Waals surface area contributed by atoms with Gasteiger partial charge in [-0.1, -0.05) is 25.1 Å². The summed E-state index contributed by atoms with van der Waals surface area (Å²) in [5, 5.41) is 6.30. The molecule has 26 heavy (non-hydrogen) atoms. The van der Waals surface area contributed by atoms with Gasteiger partial charge in [-0.15, -0.1) is 0 Å². The molecule has 6 nitrogen and oxygen atoms in total. The summed E-state index contributed by atoms with van der Waals surface area (Å²) in [4.78, 5) is 19.2. The highest BCUT2D eigenvalue weighted by atomic mass is 16.5. The van der Waals surface area contributed by atoms with Gasteiger partial charge in [-0.25, -0.2) is 4.98 Å². The van der Waals surface area contributed by atoms with Crippen molar-refractivity contribution >= 4 is 17.4 Å². The monoisotopic (exact) mass is 354 g/mol. The van der Waals surface area contributed by atoms with Crippen LogP contribution in [-0.4, -0.2) is 55.2 Å². The van der Waals surface area contributed by atoms with Crippen molar-refractivity contribution in [1.82, 2.24) is 9.88 Å². The summed E-state index contributed by atoms with van der Waals surface area (Å²) in [7, 11) is 0. The number of carbonyl (C=O) groups excluding carboxylic acids is 1. The van der Waals surface area contributed by atoms with Crippen molar-refractivity contribution in [1.29, 1.82) is 0 Å². The molecule has 0 aliphatic carbocycles. The lowest BCUT2D eigenvalue weighted by Crippen LogP contribution is -2.39. The summed E-state index contributed by atoms with van der Waals surface area (Å²) in [6.45, 7) is 7.33. The third-order valence-corrected chi connectivity index (χ3v) is 4.51. The second kappa shape index (κ2) is 9.31. The predicted octanol–water partition coefficient (Wildman–Crippen LogP) is 2.64. The van der Waals surface area contributed by atoms with E-state index in [4.69, 9.17) is 4.74 Å². The first-order valence-corrected chi connectivity index (χ1v) is 9.15. The van der Waals surface area contributed by atoms with E-state index < -0.39 is 0 Å². The molecule has 6 heteroatoms. The largest absolute Gasteiger partial charge is 0.379 e. The van der Waals surface area contributed by atoms with E-state index in [9.17, 15) is 4.79 Å². The molecule has 0 atom stereocenters. The van der Waals surface area contributed by atoms with Crippen LogP contribution in [0.15, 0.2) is 42.6 Å². The van der Waals surface area contributed by atoms with Crippen molar-refractivity contribution in [3.05, 3.63) is 53.7 Å². The van der Waals surface area contributed by atoms with Crippen LogP contribution in [0.4, 0.5) is 11.5 Å². The normalized spacial score (nSPS) is 14.8. The summed E-state index contributed by atoms with van der Waals surface area (Å²) in [6.07, 6.45) is 2.54. The SMILES string of the molecule is CCc1ccccc1NC(=O)c1ccnc(NCCN2CCOCC2)c1. The van der Waals surface area contributed by atoms with E-state index in [2.05, 4.69) is 27.4 Å². The average molecular weight is 354 g/mol. The number of rotatable bonds is 7. The number of benzene rings is 1. The Balaban J connectivity index is 1.56. The van der Waals surface area contributed by atoms with E-state index in [1.807, 2.05) is 24.3 Å². The van der Waals surface area contributed by atoms with Gasteiger partial charge in [0.05, 0.1) is 13.2 Å². The Kier molecular flexibility index (Phi) is 6.57. The summed E-state index contributed by atoms with van der Waals surface area (Å²) in [5.74, 6) is 0.596. The van der Waals surface area contributed by atoms with Crippen LogP contribution in [0.2, 0.25) is 0 Å². The minimum Gasteiger partial charge on any atom is -0.379 e. The van der Waals surface area contributed by atoms with Crippen molar-refractivity contribution < 1.29 is 9.53 Å². The first-order chi connectivity index (χ1) is 12.8. The van der Waals surface area contributed by atoms with Gasteiger partial charge in [0.15, 0.2) is 0 Å². The summed E-state index contributed by atoms with van der Waals surface area (Å²) >= 11 is 0. The first-order valence-electron chi connectivity index (χ1n) is 9.15. The Hall–Kier alpha value is -2.44. The molecule has 1 aromatic carbocycles. The van der Waals surface area contributed by atoms with E-state index in [0.717, 1.165) is 62.9 Å². The Labute approximate surface area is 154 Å². The summed E-state index contributed by atoms with van der Waals surface area (Å²) < 4.78 is 5.35. The molecule has 1 aliphatic rings. The molecular weight excluding hydrogens is 328 g/mol. The minimum absolute atomic E-state index is 0.121. The van der Waals surface area contributed by atoms with E-state index in [0.29, 0.717) is 5.56 Å². The maximum atomic E-state index is 12.6. The number of hydrogen-bond donors (Lipinski definition) is 2. The third kappa shape index (κ3) is 5.03. The Morgan fingerprint density at radius 1 is 1.23 bits per heavy atom. The van der Waals surface area contributed by atoms with Crippen LogP contribution < -0.4 is 10.6 Å². The lowest BCUT2D eigenvalue weighted by Gasteiger charge is -2.26. The van der Waals surface area contributed by atoms with Crippen molar-refractivity contribution in [2.45, 2.75) is 13.3 Å². The quantitative estimate of drug-likeness (QED) is 0.800. The molecule has 0 unspecified atom stereocenters. The first kappa shape index (κ1) is 18.4. The smallest absolute Gasteiger partial charge is 0.255 e. The van der Waals surface area contributed by atoms with Gasteiger partial charge in [0, 0.05) is 43.6 Å². The molecule has 1 aliphatic heterocycles. The molecule has 2 aromatic rings. The molecule has 0 bridgehead atoms. The Morgan fingerprint density at radius 3 is 2.85 bits per heavy atom. The maximum Gasteiger partial charge on any atom is 0.255 e. The number of aryl methyl sites for hydroxylation is 1. The van der Waals surface area contributed by atoms with E-state index in [-0.39, 0.29) is 5.91 Å². The number of hydrogen-bond acceptors (Lipinski definition) is 5. The van der Waals surface area contributed by atoms with E-state index in [1.165, 1.54) is 0 Å². The zero-order chi connectivity index (χ0) is 18.2. The van der Waals surface area contributed by atoms with Crippen LogP contribution in [0, 0.1) is 0 Å². The number of ether oxygens (including phenoxy) is 1. The number of aromatic nitrogens is 1. The number of morpholine rings is 1. The second-order valence-electron chi connectivity index (χ2n) is 6.28. The molecule has 2 N–H and O–H groups in total. The van der Waals surface area contributed by atoms with Gasteiger partial charge in [-0.05, 0) is 30.2 Å². The van der Waals surface area contributed by atoms with Crippen LogP contribution in [0.3, 0.4) is 0 Å². The number of pyridine rings is 1. The van der Waals surface area contributed by atoms with Crippen LogP contribution in [0.5, 0.6) is 0 Å². The number of para-hydroxylation sites is 1. The predicted molar refractivity (Wildman–Crippen MR) is 104 cm³/mol. The zero-order valence-corrected chi connectivity index (χ0v) is 15.2. The minimum atomic E-state index is -0.121. The average Bonchev–Trinajstić information content (AvgIpc) is 2.69. The van der Waals surface area contributed by atoms with Crippen LogP contribution >= 0.6 is 0 Å². The Bertz CT molecular complexity index is 729. The summed E-state index contributed by atoms with van der Waals surface area (Å²) in [5.41, 5.74) is 2.58. The van der Waals surface area contributed by atoms with Crippen LogP contribution in [-0.2, 0) is 11.2 Å². The number of anilines is 2. The highest BCUT2D eigenvalue weighted by Crippen LogP contribution is 2.17. The van der Waals surface area contributed by atoms with Gasteiger partial charge in [0.25, 0.3) is 5.91 Å². The standard InChI is InChI=1S/C20H26N4O2/c1-2-16-5-3-4-6-18(16)23-20(25)17-7-8-21-19(15-17)22-9-10-24-11-13-26-14-12-24/h3-8,15H,2,9-14H2,1H3,(H,21,22)(H,23,25). The van der Waals surface area contributed by atoms with Gasteiger partial charge in [0.2, 0.25) is 0 Å². The van der Waals surface area contributed by atoms with Gasteiger partial charge in [0.1, 0.15) is 5.82 Å². The van der Waals surface area contributed by atoms with E-state index >= 15 is 0 Å². The lowest BCUT2D eigenvalue weighted by atomic mass is 10.1. The molecule has 2 heterocycles. The third-order valence-electron chi connectivity index (χ3n) is 4.51. The zero-order valence-electron chi connectivity index (χ0n) is 15.2. The highest BCUT2D eigenvalue weighted by molar-refractivity contribution is 6.05. The van der Waals surface area contributed by atoms with Crippen molar-refractivity contribution in [2.24, 2.45) is 0 Å². The second-order valence-corrected chi connectivity index (χ2v) is 6.28. The van der Waals surface area contributed by atoms with Crippen LogP contribution in [0.25, 0.3) is 0 Å². The van der Waals surface area contributed by atoms with Crippen molar-refractivity contribution in [2.75, 3.05) is 50.0 Å². The van der Waals surface area contributed by atoms with Gasteiger partial charge >= 0.3 is 0 Å². The number of nitrogens with one attached hydrogen (secondary N) is 2. The molecule has 0 saturated carbocycles. The topological polar surface area (TPSA) is 66.5 Å². The van der Waals surface area contributed by atoms with Gasteiger partial charge in [-0.2, -0.15) is 0 Å². The van der Waals surface area contributed by atoms with Crippen LogP contribution in [0.1, 0.15) is 22.8 Å². The molecular formula is C20H26N4O2. The van der Waals surface area contributed by atoms with Crippen molar-refractivity contribution in [3.63, 3.8) is 0 Å². The molecule has 1 aromatic heterocycles. The summed E-state index contributed by atoms with van der Waals surface area (Å²) in [6, 6.07) is 11.4. The van der Waals surface area contributed by atoms with Gasteiger partial charge < -0.3 is 15.4 Å². The Morgan fingerprint density at radius 2 is 2.04 bits per heavy atom. The number of nitrogens with zero attached hydrogens (tertiary/aromatic N) is 2. The van der Waals surface area contributed by atoms with Crippen molar-refractivity contribution in [3.8, 4) is 0 Å². The fourth-order valence-electron chi connectivity index (χ4n) is 2.98. The highest BCUT2D eigenvalue weighted by Gasteiger charge is 2.11. The fourth-order valence-corrected chi connectivity index (χ4v) is 2.98. The molecule has 1 fully saturated rings. The molecule has 0 spiro atoms. The molecule has 138 valence electrons. The van der Waals surface area contributed by atoms with E-state index in [1.54, 1.807) is 18.3 Å². The fraction of sp³-hybridized carbons (Fsp3) is 0.400. The number of carbonyl (C=O) groups is 1. The molecule has 3 rings (SSSR count). The maximum absolute atomic E-state index is 12.6. The van der Waals surface area contributed by atoms with Gasteiger partial charge in [-0.3, -0.25) is 9.69 Å². The molecule has 0 radical (unpaired) electrons.